The van der Waals surface area contributed by atoms with Gasteiger partial charge in [-0.3, -0.25) is 4.79 Å². The van der Waals surface area contributed by atoms with E-state index in [0.29, 0.717) is 11.8 Å². The molecule has 0 atom stereocenters. The molecular formula is C15H27NO. The van der Waals surface area contributed by atoms with Crippen LogP contribution in [0.25, 0.3) is 0 Å². The maximum Gasteiger partial charge on any atom is 0.222 e. The number of unbranched alkanes of at least 4 members (excludes halogenated alkanes) is 2. The minimum atomic E-state index is 0.373. The molecule has 0 aromatic heterocycles. The van der Waals surface area contributed by atoms with Crippen LogP contribution in [0.3, 0.4) is 0 Å². The van der Waals surface area contributed by atoms with Crippen molar-refractivity contribution in [2.75, 3.05) is 13.1 Å². The molecule has 0 aromatic rings. The van der Waals surface area contributed by atoms with E-state index in [1.54, 1.807) is 0 Å². The monoisotopic (exact) mass is 237 g/mol. The van der Waals surface area contributed by atoms with Crippen LogP contribution in [0.15, 0.2) is 12.2 Å². The van der Waals surface area contributed by atoms with Crippen LogP contribution in [0.2, 0.25) is 0 Å². The molecule has 0 aromatic carbocycles. The molecule has 1 fully saturated rings. The average molecular weight is 237 g/mol. The Bertz CT molecular complexity index is 239. The van der Waals surface area contributed by atoms with Gasteiger partial charge in [-0.2, -0.15) is 0 Å². The zero-order chi connectivity index (χ0) is 12.5. The molecule has 1 amide bonds. The van der Waals surface area contributed by atoms with Crippen LogP contribution in [0.1, 0.15) is 58.8 Å². The predicted molar refractivity (Wildman–Crippen MR) is 72.9 cm³/mol. The molecule has 1 heterocycles. The van der Waals surface area contributed by atoms with Gasteiger partial charge in [-0.1, -0.05) is 26.0 Å². The number of nitrogens with zero attached hydrogens (tertiary/aromatic N) is 1. The minimum Gasteiger partial charge on any atom is -0.343 e. The van der Waals surface area contributed by atoms with E-state index in [2.05, 4.69) is 26.0 Å². The van der Waals surface area contributed by atoms with Crippen LogP contribution in [0.4, 0.5) is 0 Å². The fourth-order valence-electron chi connectivity index (χ4n) is 2.21. The Balaban J connectivity index is 2.03. The first-order valence-electron chi connectivity index (χ1n) is 7.14. The number of hydrogen-bond acceptors (Lipinski definition) is 1. The number of carbonyl (C=O) groups excluding carboxylic acids is 1. The molecule has 0 saturated carbocycles. The lowest BCUT2D eigenvalue weighted by Gasteiger charge is -2.26. The predicted octanol–water partition coefficient (Wildman–Crippen LogP) is 3.77. The van der Waals surface area contributed by atoms with E-state index in [-0.39, 0.29) is 0 Å². The Hall–Kier alpha value is -0.790. The summed E-state index contributed by atoms with van der Waals surface area (Å²) in [5, 5.41) is 0. The lowest BCUT2D eigenvalue weighted by Crippen LogP contribution is -2.35. The maximum absolute atomic E-state index is 11.8. The van der Waals surface area contributed by atoms with E-state index in [1.165, 1.54) is 19.3 Å². The number of piperidine rings is 1. The first-order valence-corrected chi connectivity index (χ1v) is 7.14. The van der Waals surface area contributed by atoms with Crippen molar-refractivity contribution in [3.63, 3.8) is 0 Å². The minimum absolute atomic E-state index is 0.373. The molecule has 0 N–H and O–H groups in total. The van der Waals surface area contributed by atoms with Crippen molar-refractivity contribution in [2.45, 2.75) is 58.8 Å². The molecule has 0 aliphatic carbocycles. The molecule has 1 rings (SSSR count). The molecule has 1 saturated heterocycles. The van der Waals surface area contributed by atoms with Crippen molar-refractivity contribution in [2.24, 2.45) is 5.92 Å². The Labute approximate surface area is 106 Å². The Morgan fingerprint density at radius 1 is 1.18 bits per heavy atom. The van der Waals surface area contributed by atoms with E-state index < -0.39 is 0 Å². The van der Waals surface area contributed by atoms with Gasteiger partial charge < -0.3 is 4.90 Å². The summed E-state index contributed by atoms with van der Waals surface area (Å²) in [6.07, 6.45) is 12.2. The standard InChI is InChI=1S/C15H27NO/c1-14(2)10-6-3-4-7-11-15(17)16-12-8-5-9-13-16/h6,10,14H,3-5,7-9,11-13H2,1-2H3/b10-6+. The topological polar surface area (TPSA) is 20.3 Å². The second kappa shape index (κ2) is 8.32. The molecule has 0 bridgehead atoms. The fourth-order valence-corrected chi connectivity index (χ4v) is 2.21. The van der Waals surface area contributed by atoms with Crippen LogP contribution in [-0.4, -0.2) is 23.9 Å². The number of hydrogen-bond donors (Lipinski definition) is 0. The van der Waals surface area contributed by atoms with Crippen molar-refractivity contribution in [1.29, 1.82) is 0 Å². The lowest BCUT2D eigenvalue weighted by atomic mass is 10.1. The largest absolute Gasteiger partial charge is 0.343 e. The van der Waals surface area contributed by atoms with Crippen molar-refractivity contribution in [3.05, 3.63) is 12.2 Å². The van der Waals surface area contributed by atoms with E-state index in [9.17, 15) is 4.79 Å². The van der Waals surface area contributed by atoms with E-state index in [1.807, 2.05) is 4.90 Å². The van der Waals surface area contributed by atoms with Crippen molar-refractivity contribution < 1.29 is 4.79 Å². The normalized spacial score (nSPS) is 17.0. The van der Waals surface area contributed by atoms with Crippen LogP contribution in [0.5, 0.6) is 0 Å². The molecular weight excluding hydrogens is 210 g/mol. The number of amides is 1. The van der Waals surface area contributed by atoms with Gasteiger partial charge in [0, 0.05) is 19.5 Å². The smallest absolute Gasteiger partial charge is 0.222 e. The van der Waals surface area contributed by atoms with Gasteiger partial charge in [0.1, 0.15) is 0 Å². The highest BCUT2D eigenvalue weighted by Gasteiger charge is 2.15. The summed E-state index contributed by atoms with van der Waals surface area (Å²) in [4.78, 5) is 13.9. The van der Waals surface area contributed by atoms with Crippen molar-refractivity contribution >= 4 is 5.91 Å². The van der Waals surface area contributed by atoms with E-state index >= 15 is 0 Å². The molecule has 1 aliphatic rings. The quantitative estimate of drug-likeness (QED) is 0.508. The van der Waals surface area contributed by atoms with Gasteiger partial charge >= 0.3 is 0 Å². The first-order chi connectivity index (χ1) is 8.20. The molecule has 2 nitrogen and oxygen atoms in total. The SMILES string of the molecule is CC(C)/C=C/CCCCC(=O)N1CCCCC1. The van der Waals surface area contributed by atoms with E-state index in [4.69, 9.17) is 0 Å². The summed E-state index contributed by atoms with van der Waals surface area (Å²) in [5.74, 6) is 1.02. The summed E-state index contributed by atoms with van der Waals surface area (Å²) in [5.41, 5.74) is 0. The Morgan fingerprint density at radius 3 is 2.53 bits per heavy atom. The van der Waals surface area contributed by atoms with Gasteiger partial charge in [-0.25, -0.2) is 0 Å². The van der Waals surface area contributed by atoms with Gasteiger partial charge in [0.2, 0.25) is 5.91 Å². The summed E-state index contributed by atoms with van der Waals surface area (Å²) in [7, 11) is 0. The van der Waals surface area contributed by atoms with Gasteiger partial charge in [-0.05, 0) is 44.4 Å². The fraction of sp³-hybridized carbons (Fsp3) is 0.800. The van der Waals surface area contributed by atoms with Crippen LogP contribution in [0, 0.1) is 5.92 Å². The highest BCUT2D eigenvalue weighted by atomic mass is 16.2. The Kier molecular flexibility index (Phi) is 6.99. The molecule has 0 spiro atoms. The van der Waals surface area contributed by atoms with Crippen LogP contribution < -0.4 is 0 Å². The number of allylic oxidation sites excluding steroid dienone is 2. The van der Waals surface area contributed by atoms with Gasteiger partial charge in [0.15, 0.2) is 0 Å². The second-order valence-corrected chi connectivity index (χ2v) is 5.36. The molecule has 1 aliphatic heterocycles. The van der Waals surface area contributed by atoms with Crippen LogP contribution in [-0.2, 0) is 4.79 Å². The third-order valence-electron chi connectivity index (χ3n) is 3.24. The molecule has 0 radical (unpaired) electrons. The summed E-state index contributed by atoms with van der Waals surface area (Å²) >= 11 is 0. The summed E-state index contributed by atoms with van der Waals surface area (Å²) in [6.45, 7) is 6.37. The highest BCUT2D eigenvalue weighted by Crippen LogP contribution is 2.12. The van der Waals surface area contributed by atoms with Crippen molar-refractivity contribution in [1.82, 2.24) is 4.90 Å². The number of likely N-dealkylation sites (tertiary alicyclic amines) is 1. The second-order valence-electron chi connectivity index (χ2n) is 5.36. The maximum atomic E-state index is 11.8. The third kappa shape index (κ3) is 6.50. The zero-order valence-electron chi connectivity index (χ0n) is 11.5. The molecule has 17 heavy (non-hydrogen) atoms. The van der Waals surface area contributed by atoms with E-state index in [0.717, 1.165) is 38.8 Å². The number of carbonyl (C=O) groups is 1. The average Bonchev–Trinajstić information content (AvgIpc) is 2.34. The van der Waals surface area contributed by atoms with Gasteiger partial charge in [0.25, 0.3) is 0 Å². The van der Waals surface area contributed by atoms with Crippen LogP contribution >= 0.6 is 0 Å². The van der Waals surface area contributed by atoms with Gasteiger partial charge in [-0.15, -0.1) is 0 Å². The van der Waals surface area contributed by atoms with Gasteiger partial charge in [0.05, 0.1) is 0 Å². The summed E-state index contributed by atoms with van der Waals surface area (Å²) < 4.78 is 0. The number of rotatable bonds is 6. The third-order valence-corrected chi connectivity index (χ3v) is 3.24. The molecule has 2 heteroatoms. The zero-order valence-corrected chi connectivity index (χ0v) is 11.5. The lowest BCUT2D eigenvalue weighted by molar-refractivity contribution is -0.132. The first kappa shape index (κ1) is 14.3. The Morgan fingerprint density at radius 2 is 1.88 bits per heavy atom. The molecule has 98 valence electrons. The molecule has 0 unspecified atom stereocenters. The highest BCUT2D eigenvalue weighted by molar-refractivity contribution is 5.76. The summed E-state index contributed by atoms with van der Waals surface area (Å²) in [6, 6.07) is 0. The van der Waals surface area contributed by atoms with Crippen molar-refractivity contribution in [3.8, 4) is 0 Å².